The molecule has 0 aliphatic carbocycles. The summed E-state index contributed by atoms with van der Waals surface area (Å²) in [7, 11) is 0. The zero-order valence-corrected chi connectivity index (χ0v) is 14.5. The van der Waals surface area contributed by atoms with Gasteiger partial charge in [0.1, 0.15) is 0 Å². The number of halogens is 4. The van der Waals surface area contributed by atoms with Crippen molar-refractivity contribution >= 4 is 69.5 Å². The van der Waals surface area contributed by atoms with Crippen molar-refractivity contribution in [3.63, 3.8) is 0 Å². The number of hydrogen-bond acceptors (Lipinski definition) is 1. The largest absolute Gasteiger partial charge is 0.297 e. The summed E-state index contributed by atoms with van der Waals surface area (Å²) in [6.07, 6.45) is 1.63. The van der Waals surface area contributed by atoms with Gasteiger partial charge in [0.15, 0.2) is 5.78 Å². The zero-order chi connectivity index (χ0) is 11.3. The fraction of sp³-hybridized carbons (Fsp3) is 0.889. The van der Waals surface area contributed by atoms with Gasteiger partial charge in [0.05, 0.1) is 9.65 Å². The fourth-order valence-electron chi connectivity index (χ4n) is 0.999. The van der Waals surface area contributed by atoms with E-state index in [4.69, 9.17) is 0 Å². The second-order valence-corrected chi connectivity index (χ2v) is 8.71. The first-order valence-corrected chi connectivity index (χ1v) is 8.10. The molecule has 0 bridgehead atoms. The first kappa shape index (κ1) is 15.6. The van der Waals surface area contributed by atoms with Gasteiger partial charge in [-0.3, -0.25) is 4.79 Å². The predicted molar refractivity (Wildman–Crippen MR) is 76.4 cm³/mol. The molecule has 0 rings (SSSR count). The van der Waals surface area contributed by atoms with Gasteiger partial charge in [0, 0.05) is 9.65 Å². The second kappa shape index (κ2) is 7.80. The van der Waals surface area contributed by atoms with Crippen LogP contribution in [-0.2, 0) is 4.79 Å². The van der Waals surface area contributed by atoms with Crippen LogP contribution in [-0.4, -0.2) is 25.1 Å². The molecule has 0 aliphatic rings. The molecule has 4 atom stereocenters. The Labute approximate surface area is 119 Å². The van der Waals surface area contributed by atoms with Crippen LogP contribution < -0.4 is 0 Å². The Balaban J connectivity index is 4.04. The monoisotopic (exact) mass is 454 g/mol. The van der Waals surface area contributed by atoms with E-state index in [9.17, 15) is 4.79 Å². The lowest BCUT2D eigenvalue weighted by atomic mass is 10.1. The van der Waals surface area contributed by atoms with E-state index >= 15 is 0 Å². The van der Waals surface area contributed by atoms with Gasteiger partial charge >= 0.3 is 0 Å². The number of carbonyl (C=O) groups excluding carboxylic acids is 1. The summed E-state index contributed by atoms with van der Waals surface area (Å²) in [5.41, 5.74) is 0. The van der Waals surface area contributed by atoms with Gasteiger partial charge in [-0.25, -0.2) is 0 Å². The summed E-state index contributed by atoms with van der Waals surface area (Å²) in [5.74, 6) is 0.225. The minimum Gasteiger partial charge on any atom is -0.297 e. The van der Waals surface area contributed by atoms with Crippen molar-refractivity contribution < 1.29 is 4.79 Å². The van der Waals surface area contributed by atoms with E-state index in [1.807, 2.05) is 13.8 Å². The van der Waals surface area contributed by atoms with Gasteiger partial charge in [0.2, 0.25) is 0 Å². The summed E-state index contributed by atoms with van der Waals surface area (Å²) in [4.78, 5) is 12.4. The van der Waals surface area contributed by atoms with E-state index in [2.05, 4.69) is 63.7 Å². The van der Waals surface area contributed by atoms with Crippen LogP contribution in [0.5, 0.6) is 0 Å². The average Bonchev–Trinajstić information content (AvgIpc) is 2.00. The van der Waals surface area contributed by atoms with Gasteiger partial charge in [0.25, 0.3) is 0 Å². The molecular weight excluding hydrogens is 444 g/mol. The van der Waals surface area contributed by atoms with Crippen LogP contribution in [0.2, 0.25) is 0 Å². The Bertz CT molecular complexity index is 164. The highest BCUT2D eigenvalue weighted by atomic mass is 79.9. The fourth-order valence-corrected chi connectivity index (χ4v) is 4.86. The smallest absolute Gasteiger partial charge is 0.160 e. The molecule has 4 unspecified atom stereocenters. The molecule has 0 amide bonds. The molecule has 0 fully saturated rings. The highest BCUT2D eigenvalue weighted by Gasteiger charge is 2.24. The summed E-state index contributed by atoms with van der Waals surface area (Å²) in [5, 5.41) is 0. The van der Waals surface area contributed by atoms with Crippen LogP contribution in [0.1, 0.15) is 26.7 Å². The number of hydrogen-bond donors (Lipinski definition) is 0. The molecule has 0 heterocycles. The maximum Gasteiger partial charge on any atom is 0.160 e. The summed E-state index contributed by atoms with van der Waals surface area (Å²) in [6.45, 7) is 4.08. The molecule has 84 valence electrons. The van der Waals surface area contributed by atoms with Crippen molar-refractivity contribution in [1.82, 2.24) is 0 Å². The van der Waals surface area contributed by atoms with Gasteiger partial charge in [-0.15, -0.1) is 0 Å². The standard InChI is InChI=1S/C9H14Br4O/c1-5(10)3-7(12)9(14)8(13)4-6(2)11/h5-8H,3-4H2,1-2H3. The molecule has 0 aliphatic heterocycles. The van der Waals surface area contributed by atoms with E-state index in [1.165, 1.54) is 0 Å². The average molecular weight is 458 g/mol. The molecular formula is C9H14Br4O. The lowest BCUT2D eigenvalue weighted by molar-refractivity contribution is -0.118. The lowest BCUT2D eigenvalue weighted by Crippen LogP contribution is -2.27. The molecule has 0 aromatic carbocycles. The van der Waals surface area contributed by atoms with Crippen LogP contribution in [0.25, 0.3) is 0 Å². The van der Waals surface area contributed by atoms with E-state index in [0.29, 0.717) is 9.65 Å². The topological polar surface area (TPSA) is 17.1 Å². The van der Waals surface area contributed by atoms with Crippen LogP contribution in [0, 0.1) is 0 Å². The first-order valence-electron chi connectivity index (χ1n) is 4.44. The molecule has 0 spiro atoms. The molecule has 0 aromatic heterocycles. The summed E-state index contributed by atoms with van der Waals surface area (Å²) in [6, 6.07) is 0. The van der Waals surface area contributed by atoms with Crippen molar-refractivity contribution in [2.75, 3.05) is 0 Å². The minimum atomic E-state index is -0.0625. The molecule has 0 saturated heterocycles. The molecule has 1 nitrogen and oxygen atoms in total. The van der Waals surface area contributed by atoms with Crippen molar-refractivity contribution in [2.45, 2.75) is 46.0 Å². The number of carbonyl (C=O) groups is 1. The Morgan fingerprint density at radius 1 is 0.929 bits per heavy atom. The van der Waals surface area contributed by atoms with Gasteiger partial charge < -0.3 is 0 Å². The van der Waals surface area contributed by atoms with Gasteiger partial charge in [-0.05, 0) is 12.8 Å². The minimum absolute atomic E-state index is 0.0625. The van der Waals surface area contributed by atoms with Crippen LogP contribution >= 0.6 is 63.7 Å². The highest BCUT2D eigenvalue weighted by Crippen LogP contribution is 2.22. The summed E-state index contributed by atoms with van der Waals surface area (Å²) < 4.78 is 0. The zero-order valence-electron chi connectivity index (χ0n) is 8.14. The van der Waals surface area contributed by atoms with Crippen LogP contribution in [0.3, 0.4) is 0 Å². The van der Waals surface area contributed by atoms with Crippen LogP contribution in [0.4, 0.5) is 0 Å². The highest BCUT2D eigenvalue weighted by molar-refractivity contribution is 9.11. The van der Waals surface area contributed by atoms with Gasteiger partial charge in [-0.1, -0.05) is 77.6 Å². The lowest BCUT2D eigenvalue weighted by Gasteiger charge is -2.15. The Morgan fingerprint density at radius 3 is 1.43 bits per heavy atom. The normalized spacial score (nSPS) is 19.9. The first-order chi connectivity index (χ1) is 6.34. The number of rotatable bonds is 6. The van der Waals surface area contributed by atoms with E-state index in [0.717, 1.165) is 12.8 Å². The maximum atomic E-state index is 11.8. The van der Waals surface area contributed by atoms with E-state index < -0.39 is 0 Å². The Hall–Kier alpha value is 1.59. The molecule has 0 radical (unpaired) electrons. The second-order valence-electron chi connectivity index (χ2n) is 3.37. The third-order valence-electron chi connectivity index (χ3n) is 1.68. The predicted octanol–water partition coefficient (Wildman–Crippen LogP) is 4.43. The van der Waals surface area contributed by atoms with Crippen molar-refractivity contribution in [2.24, 2.45) is 0 Å². The quantitative estimate of drug-likeness (QED) is 0.539. The third-order valence-corrected chi connectivity index (χ3v) is 4.08. The Morgan fingerprint density at radius 2 is 1.21 bits per heavy atom. The molecule has 14 heavy (non-hydrogen) atoms. The number of Topliss-reactive ketones (excluding diaryl/α,β-unsaturated/α-hetero) is 1. The van der Waals surface area contributed by atoms with Gasteiger partial charge in [-0.2, -0.15) is 0 Å². The molecule has 0 N–H and O–H groups in total. The van der Waals surface area contributed by atoms with Crippen molar-refractivity contribution in [3.05, 3.63) is 0 Å². The Kier molecular flexibility index (Phi) is 8.68. The number of ketones is 1. The molecule has 0 aromatic rings. The van der Waals surface area contributed by atoms with Crippen molar-refractivity contribution in [1.29, 1.82) is 0 Å². The van der Waals surface area contributed by atoms with Crippen LogP contribution in [0.15, 0.2) is 0 Å². The molecule has 5 heteroatoms. The maximum absolute atomic E-state index is 11.8. The van der Waals surface area contributed by atoms with E-state index in [-0.39, 0.29) is 15.4 Å². The van der Waals surface area contributed by atoms with Crippen molar-refractivity contribution in [3.8, 4) is 0 Å². The number of alkyl halides is 4. The third kappa shape index (κ3) is 6.96. The van der Waals surface area contributed by atoms with E-state index in [1.54, 1.807) is 0 Å². The molecule has 0 saturated carbocycles. The summed E-state index contributed by atoms with van der Waals surface area (Å²) >= 11 is 13.7. The SMILES string of the molecule is CC(Br)CC(Br)C(=O)C(Br)CC(C)Br.